The maximum absolute atomic E-state index is 16.8. The zero-order valence-corrected chi connectivity index (χ0v) is 36.8. The first-order chi connectivity index (χ1) is 33.1. The number of hydrogen-bond acceptors (Lipinski definition) is 4. The van der Waals surface area contributed by atoms with E-state index >= 15 is 4.57 Å². The molecule has 1 spiro atoms. The van der Waals surface area contributed by atoms with Crippen molar-refractivity contribution < 1.29 is 13.4 Å². The van der Waals surface area contributed by atoms with Gasteiger partial charge in [-0.15, -0.1) is 0 Å². The molecule has 0 bridgehead atoms. The first-order valence-corrected chi connectivity index (χ1v) is 24.5. The van der Waals surface area contributed by atoms with Crippen LogP contribution in [0.5, 0.6) is 0 Å². The van der Waals surface area contributed by atoms with Crippen LogP contribution in [-0.2, 0) is 9.98 Å². The van der Waals surface area contributed by atoms with E-state index in [1.807, 2.05) is 60.7 Å². The van der Waals surface area contributed by atoms with E-state index < -0.39 is 12.6 Å². The van der Waals surface area contributed by atoms with Gasteiger partial charge in [0.05, 0.1) is 27.8 Å². The summed E-state index contributed by atoms with van der Waals surface area (Å²) < 4.78 is 32.4. The van der Waals surface area contributed by atoms with Crippen molar-refractivity contribution in [2.45, 2.75) is 5.41 Å². The molecule has 2 aliphatic heterocycles. The van der Waals surface area contributed by atoms with Gasteiger partial charge in [0.15, 0.2) is 7.14 Å². The van der Waals surface area contributed by atoms with Crippen LogP contribution in [0.2, 0.25) is 0 Å². The van der Waals surface area contributed by atoms with Gasteiger partial charge in [0.2, 0.25) is 0 Å². The van der Waals surface area contributed by atoms with Crippen molar-refractivity contribution in [3.8, 4) is 5.69 Å². The van der Waals surface area contributed by atoms with Gasteiger partial charge >= 0.3 is 0 Å². The molecule has 5 heterocycles. The molecule has 15 rings (SSSR count). The number of anilines is 3. The molecule has 0 aliphatic carbocycles. The number of aromatic nitrogens is 1. The average molecular weight is 877 g/mol. The number of nitrogens with zero attached hydrogens (tertiary/aromatic N) is 2. The first-order valence-electron chi connectivity index (χ1n) is 22.8. The molecule has 2 unspecified atom stereocenters. The smallest absolute Gasteiger partial charge is 0.171 e. The average Bonchev–Trinajstić information content (AvgIpc) is 4.05. The largest absolute Gasteiger partial charge is 0.456 e. The minimum atomic E-state index is -3.51. The number of hydrogen-bond donors (Lipinski definition) is 0. The minimum absolute atomic E-state index is 0.723. The highest BCUT2D eigenvalue weighted by molar-refractivity contribution is 7.85. The number of benzene rings is 10. The van der Waals surface area contributed by atoms with Crippen molar-refractivity contribution >= 4 is 106 Å². The van der Waals surface area contributed by atoms with Crippen LogP contribution >= 0.6 is 7.14 Å². The lowest BCUT2D eigenvalue weighted by molar-refractivity contribution is 0.590. The van der Waals surface area contributed by atoms with Crippen LogP contribution in [0, 0.1) is 0 Å². The lowest BCUT2D eigenvalue weighted by Gasteiger charge is -2.50. The summed E-state index contributed by atoms with van der Waals surface area (Å²) in [5.41, 5.74) is 12.9. The Kier molecular flexibility index (Phi) is 7.36. The van der Waals surface area contributed by atoms with E-state index in [9.17, 15) is 0 Å². The fraction of sp³-hybridized carbons (Fsp3) is 0.0164. The molecule has 314 valence electrons. The molecule has 0 saturated heterocycles. The van der Waals surface area contributed by atoms with E-state index in [1.54, 1.807) is 0 Å². The van der Waals surface area contributed by atoms with Gasteiger partial charge in [-0.2, -0.15) is 0 Å². The highest BCUT2D eigenvalue weighted by atomic mass is 31.2. The Labute approximate surface area is 384 Å². The van der Waals surface area contributed by atoms with Crippen LogP contribution in [0.3, 0.4) is 0 Å². The molecule has 2 aliphatic rings. The van der Waals surface area contributed by atoms with Crippen LogP contribution < -0.4 is 20.8 Å². The predicted molar refractivity (Wildman–Crippen MR) is 275 cm³/mol. The summed E-state index contributed by atoms with van der Waals surface area (Å²) in [6.45, 7) is 0. The molecular weight excluding hydrogens is 840 g/mol. The molecule has 67 heavy (non-hydrogen) atoms. The second kappa shape index (κ2) is 13.4. The lowest BCUT2D eigenvalue weighted by Crippen LogP contribution is -2.49. The molecule has 3 aromatic heterocycles. The Hall–Kier alpha value is -8.37. The maximum Gasteiger partial charge on any atom is 0.171 e. The van der Waals surface area contributed by atoms with E-state index in [4.69, 9.17) is 8.83 Å². The molecular formula is C61H37N2O3P. The first kappa shape index (κ1) is 36.9. The third-order valence-electron chi connectivity index (χ3n) is 14.6. The monoisotopic (exact) mass is 876 g/mol. The summed E-state index contributed by atoms with van der Waals surface area (Å²) in [5, 5.41) is 8.99. The van der Waals surface area contributed by atoms with Gasteiger partial charge in [-0.3, -0.25) is 0 Å². The second-order valence-electron chi connectivity index (χ2n) is 17.9. The van der Waals surface area contributed by atoms with Crippen molar-refractivity contribution in [3.63, 3.8) is 0 Å². The van der Waals surface area contributed by atoms with Crippen molar-refractivity contribution in [1.82, 2.24) is 4.57 Å². The predicted octanol–water partition coefficient (Wildman–Crippen LogP) is 14.7. The molecule has 0 amide bonds. The van der Waals surface area contributed by atoms with E-state index in [0.29, 0.717) is 0 Å². The van der Waals surface area contributed by atoms with Crippen LogP contribution in [-0.4, -0.2) is 4.57 Å². The summed E-state index contributed by atoms with van der Waals surface area (Å²) in [7, 11) is -3.51. The highest BCUT2D eigenvalue weighted by Gasteiger charge is 2.55. The SMILES string of the molecule is O=P1(c2ccccc2)c2ccccc2C2(c3ccccc3N(c3ccccc3)c3cc(-n4c5ccccc5c5cc6c(cc54)oc4ccccc46)ccc32)c2cc3c(cc21)oc1ccccc13. The Morgan fingerprint density at radius 3 is 1.73 bits per heavy atom. The van der Waals surface area contributed by atoms with Crippen molar-refractivity contribution in [2.75, 3.05) is 4.90 Å². The van der Waals surface area contributed by atoms with E-state index in [0.717, 1.165) is 121 Å². The summed E-state index contributed by atoms with van der Waals surface area (Å²) in [4.78, 5) is 2.42. The van der Waals surface area contributed by atoms with Gasteiger partial charge < -0.3 is 22.9 Å². The van der Waals surface area contributed by atoms with E-state index in [1.165, 1.54) is 5.39 Å². The maximum atomic E-state index is 16.8. The number of rotatable bonds is 3. The van der Waals surface area contributed by atoms with Gasteiger partial charge in [0.25, 0.3) is 0 Å². The minimum Gasteiger partial charge on any atom is -0.456 e. The second-order valence-corrected chi connectivity index (χ2v) is 20.6. The van der Waals surface area contributed by atoms with Crippen molar-refractivity contribution in [2.24, 2.45) is 0 Å². The van der Waals surface area contributed by atoms with Gasteiger partial charge in [0, 0.05) is 65.7 Å². The van der Waals surface area contributed by atoms with Gasteiger partial charge in [-0.25, -0.2) is 0 Å². The lowest BCUT2D eigenvalue weighted by atomic mass is 9.62. The third-order valence-corrected chi connectivity index (χ3v) is 17.8. The quantitative estimate of drug-likeness (QED) is 0.166. The van der Waals surface area contributed by atoms with E-state index in [-0.39, 0.29) is 0 Å². The van der Waals surface area contributed by atoms with Crippen molar-refractivity contribution in [1.29, 1.82) is 0 Å². The zero-order chi connectivity index (χ0) is 44.0. The number of furan rings is 2. The van der Waals surface area contributed by atoms with Crippen LogP contribution in [0.25, 0.3) is 71.4 Å². The Balaban J connectivity index is 1.10. The molecule has 0 N–H and O–H groups in total. The van der Waals surface area contributed by atoms with Gasteiger partial charge in [-0.1, -0.05) is 152 Å². The fourth-order valence-corrected chi connectivity index (χ4v) is 15.1. The molecule has 0 radical (unpaired) electrons. The molecule has 13 aromatic rings. The van der Waals surface area contributed by atoms with E-state index in [2.05, 4.69) is 173 Å². The van der Waals surface area contributed by atoms with Crippen LogP contribution in [0.15, 0.2) is 233 Å². The highest BCUT2D eigenvalue weighted by Crippen LogP contribution is 2.63. The molecule has 0 saturated carbocycles. The Morgan fingerprint density at radius 1 is 0.358 bits per heavy atom. The number of fused-ring (bicyclic) bond motifs is 17. The summed E-state index contributed by atoms with van der Waals surface area (Å²) in [6.07, 6.45) is 0. The fourth-order valence-electron chi connectivity index (χ4n) is 11.9. The summed E-state index contributed by atoms with van der Waals surface area (Å²) >= 11 is 0. The third kappa shape index (κ3) is 4.76. The Morgan fingerprint density at radius 2 is 0.955 bits per heavy atom. The molecule has 5 nitrogen and oxygen atoms in total. The number of para-hydroxylation sites is 5. The zero-order valence-electron chi connectivity index (χ0n) is 35.9. The van der Waals surface area contributed by atoms with Crippen molar-refractivity contribution in [3.05, 3.63) is 247 Å². The Bertz CT molecular complexity index is 4280. The van der Waals surface area contributed by atoms with Crippen LogP contribution in [0.4, 0.5) is 17.1 Å². The molecule has 2 atom stereocenters. The summed E-state index contributed by atoms with van der Waals surface area (Å²) in [5.74, 6) is 0. The van der Waals surface area contributed by atoms with Crippen LogP contribution in [0.1, 0.15) is 22.3 Å². The van der Waals surface area contributed by atoms with Gasteiger partial charge in [-0.05, 0) is 89.0 Å². The molecule has 10 aromatic carbocycles. The molecule has 0 fully saturated rings. The normalized spacial score (nSPS) is 17.4. The topological polar surface area (TPSA) is 51.5 Å². The summed E-state index contributed by atoms with van der Waals surface area (Å²) in [6, 6.07) is 79.2. The van der Waals surface area contributed by atoms with Gasteiger partial charge in [0.1, 0.15) is 22.3 Å². The molecule has 6 heteroatoms. The standard InChI is InChI=1S/C61H37N2O3P/c64-67(40-19-5-2-6-20-40)59-30-16-11-25-49(59)61(50-35-46-43-23-9-15-29-56(43)66-58(46)37-60(50)67)47-24-10-13-27-52(47)62(38-17-3-1-4-18-38)54-33-39(31-32-48(54)61)63-51-26-12-7-21-41(51)44-34-45-42-22-8-14-28-55(42)65-57(45)36-53(44)63/h1-37H.